The van der Waals surface area contributed by atoms with Gasteiger partial charge in [-0.2, -0.15) is 0 Å². The Morgan fingerprint density at radius 3 is 2.49 bits per heavy atom. The minimum Gasteiger partial charge on any atom is -0.493 e. The van der Waals surface area contributed by atoms with Crippen LogP contribution in [0, 0.1) is 0 Å². The van der Waals surface area contributed by atoms with Crippen molar-refractivity contribution < 1.29 is 23.8 Å². The molecule has 0 bridgehead atoms. The predicted molar refractivity (Wildman–Crippen MR) is 150 cm³/mol. The molecular weight excluding hydrogens is 518 g/mol. The largest absolute Gasteiger partial charge is 0.493 e. The topological polar surface area (TPSA) is 92.9 Å². The number of halogens is 1. The first-order chi connectivity index (χ1) is 18.9. The number of fused-ring (bicyclic) bond motifs is 1. The molecule has 5 rings (SSSR count). The van der Waals surface area contributed by atoms with Crippen LogP contribution in [0.4, 0.5) is 0 Å². The Bertz CT molecular complexity index is 1500. The molecule has 0 unspecified atom stereocenters. The monoisotopic (exact) mass is 547 g/mol. The first kappa shape index (κ1) is 26.6. The zero-order valence-electron chi connectivity index (χ0n) is 22.0. The zero-order valence-corrected chi connectivity index (χ0v) is 22.7. The van der Waals surface area contributed by atoms with Gasteiger partial charge in [0.25, 0.3) is 5.91 Å². The van der Waals surface area contributed by atoms with Crippen LogP contribution < -0.4 is 14.8 Å². The third-order valence-electron chi connectivity index (χ3n) is 7.10. The van der Waals surface area contributed by atoms with Crippen LogP contribution in [0.2, 0.25) is 5.02 Å². The molecule has 2 N–H and O–H groups in total. The summed E-state index contributed by atoms with van der Waals surface area (Å²) in [7, 11) is 4.55. The molecule has 1 aliphatic rings. The van der Waals surface area contributed by atoms with Crippen LogP contribution in [-0.4, -0.2) is 61.7 Å². The molecule has 0 radical (unpaired) electrons. The number of carbonyl (C=O) groups is 2. The number of ether oxygens (including phenoxy) is 3. The number of nitrogens with zero attached hydrogens (tertiary/aromatic N) is 1. The maximum atomic E-state index is 13.7. The van der Waals surface area contributed by atoms with Gasteiger partial charge in [0.2, 0.25) is 0 Å². The standard InChI is InChI=1S/C30H30ClN3O5/c1-37-25-12-9-18(13-26(25)38-2)16-34-17-21(15-24(34)30(36)39-3)32-29(35)28-27(19-7-5-4-6-8-19)22-14-20(31)10-11-23(22)33-28/h4-14,21,24,33H,15-17H2,1-3H3,(H,32,35)/t21-,24+/m1/s1. The number of aromatic amines is 1. The first-order valence-electron chi connectivity index (χ1n) is 12.6. The van der Waals surface area contributed by atoms with E-state index < -0.39 is 6.04 Å². The number of aromatic nitrogens is 1. The second-order valence-electron chi connectivity index (χ2n) is 9.49. The molecule has 0 spiro atoms. The van der Waals surface area contributed by atoms with Crippen LogP contribution in [0.5, 0.6) is 11.5 Å². The van der Waals surface area contributed by atoms with Gasteiger partial charge in [-0.15, -0.1) is 0 Å². The molecule has 0 aliphatic carbocycles. The Morgan fingerprint density at radius 1 is 1.00 bits per heavy atom. The van der Waals surface area contributed by atoms with Crippen molar-refractivity contribution in [2.75, 3.05) is 27.9 Å². The van der Waals surface area contributed by atoms with E-state index >= 15 is 0 Å². The van der Waals surface area contributed by atoms with Gasteiger partial charge in [-0.3, -0.25) is 14.5 Å². The lowest BCUT2D eigenvalue weighted by Gasteiger charge is -2.22. The summed E-state index contributed by atoms with van der Waals surface area (Å²) in [6, 6.07) is 20.2. The van der Waals surface area contributed by atoms with Gasteiger partial charge in [-0.25, -0.2) is 0 Å². The Labute approximate surface area is 231 Å². The number of hydrogen-bond acceptors (Lipinski definition) is 6. The Hall–Kier alpha value is -4.01. The second kappa shape index (κ2) is 11.4. The van der Waals surface area contributed by atoms with Crippen LogP contribution in [0.1, 0.15) is 22.5 Å². The number of hydrogen-bond donors (Lipinski definition) is 2. The fraction of sp³-hybridized carbons (Fsp3) is 0.267. The third kappa shape index (κ3) is 5.44. The molecule has 1 fully saturated rings. The minimum absolute atomic E-state index is 0.247. The number of likely N-dealkylation sites (tertiary alicyclic amines) is 1. The Balaban J connectivity index is 1.40. The van der Waals surface area contributed by atoms with Crippen molar-refractivity contribution in [1.29, 1.82) is 0 Å². The number of carbonyl (C=O) groups excluding carboxylic acids is 2. The van der Waals surface area contributed by atoms with Gasteiger partial charge in [-0.05, 0) is 47.9 Å². The number of rotatable bonds is 8. The summed E-state index contributed by atoms with van der Waals surface area (Å²) in [5.41, 5.74) is 3.91. The average Bonchev–Trinajstić information content (AvgIpc) is 3.53. The molecule has 39 heavy (non-hydrogen) atoms. The third-order valence-corrected chi connectivity index (χ3v) is 7.33. The molecule has 2 heterocycles. The molecule has 1 aliphatic heterocycles. The molecule has 3 aromatic carbocycles. The van der Waals surface area contributed by atoms with Crippen LogP contribution >= 0.6 is 11.6 Å². The molecule has 9 heteroatoms. The summed E-state index contributed by atoms with van der Waals surface area (Å²) in [5, 5.41) is 4.61. The molecule has 8 nitrogen and oxygen atoms in total. The van der Waals surface area contributed by atoms with Gasteiger partial charge in [0.15, 0.2) is 11.5 Å². The second-order valence-corrected chi connectivity index (χ2v) is 9.93. The number of methoxy groups -OCH3 is 3. The number of esters is 1. The van der Waals surface area contributed by atoms with E-state index in [0.717, 1.165) is 27.6 Å². The van der Waals surface area contributed by atoms with E-state index in [1.807, 2.05) is 65.6 Å². The normalized spacial score (nSPS) is 17.2. The zero-order chi connectivity index (χ0) is 27.5. The predicted octanol–water partition coefficient (Wildman–Crippen LogP) is 5.05. The molecule has 202 valence electrons. The molecule has 1 amide bonds. The van der Waals surface area contributed by atoms with Crippen molar-refractivity contribution in [3.63, 3.8) is 0 Å². The number of nitrogens with one attached hydrogen (secondary N) is 2. The van der Waals surface area contributed by atoms with Crippen molar-refractivity contribution in [3.8, 4) is 22.6 Å². The van der Waals surface area contributed by atoms with E-state index in [2.05, 4.69) is 10.3 Å². The highest BCUT2D eigenvalue weighted by Crippen LogP contribution is 2.35. The molecule has 1 saturated heterocycles. The maximum Gasteiger partial charge on any atom is 0.323 e. The molecule has 2 atom stereocenters. The Morgan fingerprint density at radius 2 is 1.77 bits per heavy atom. The number of amides is 1. The van der Waals surface area contributed by atoms with Crippen molar-refractivity contribution in [3.05, 3.63) is 83.0 Å². The van der Waals surface area contributed by atoms with Crippen molar-refractivity contribution in [2.45, 2.75) is 25.0 Å². The highest BCUT2D eigenvalue weighted by molar-refractivity contribution is 6.31. The van der Waals surface area contributed by atoms with E-state index in [0.29, 0.717) is 41.7 Å². The summed E-state index contributed by atoms with van der Waals surface area (Å²) < 4.78 is 15.9. The number of H-pyrrole nitrogens is 1. The number of benzene rings is 3. The quantitative estimate of drug-likeness (QED) is 0.300. The van der Waals surface area contributed by atoms with Crippen molar-refractivity contribution in [2.24, 2.45) is 0 Å². The Kier molecular flexibility index (Phi) is 7.77. The highest BCUT2D eigenvalue weighted by Gasteiger charge is 2.38. The van der Waals surface area contributed by atoms with Gasteiger partial charge in [-0.1, -0.05) is 48.0 Å². The lowest BCUT2D eigenvalue weighted by atomic mass is 10.0. The maximum absolute atomic E-state index is 13.7. The van der Waals surface area contributed by atoms with Crippen molar-refractivity contribution in [1.82, 2.24) is 15.2 Å². The smallest absolute Gasteiger partial charge is 0.323 e. The van der Waals surface area contributed by atoms with E-state index in [-0.39, 0.29) is 17.9 Å². The fourth-order valence-electron chi connectivity index (χ4n) is 5.27. The first-order valence-corrected chi connectivity index (χ1v) is 13.0. The van der Waals surface area contributed by atoms with E-state index in [1.165, 1.54) is 7.11 Å². The minimum atomic E-state index is -0.497. The van der Waals surface area contributed by atoms with Gasteiger partial charge < -0.3 is 24.5 Å². The summed E-state index contributed by atoms with van der Waals surface area (Å²) in [6.45, 7) is 0.958. The molecule has 0 saturated carbocycles. The molecule has 4 aromatic rings. The van der Waals surface area contributed by atoms with Crippen LogP contribution in [0.3, 0.4) is 0 Å². The summed E-state index contributed by atoms with van der Waals surface area (Å²) in [4.78, 5) is 31.7. The highest BCUT2D eigenvalue weighted by atomic mass is 35.5. The summed E-state index contributed by atoms with van der Waals surface area (Å²) >= 11 is 6.30. The van der Waals surface area contributed by atoms with Crippen LogP contribution in [0.25, 0.3) is 22.0 Å². The van der Waals surface area contributed by atoms with Gasteiger partial charge in [0.1, 0.15) is 11.7 Å². The van der Waals surface area contributed by atoms with E-state index in [4.69, 9.17) is 25.8 Å². The van der Waals surface area contributed by atoms with Crippen LogP contribution in [-0.2, 0) is 16.1 Å². The summed E-state index contributed by atoms with van der Waals surface area (Å²) in [6.07, 6.45) is 0.429. The van der Waals surface area contributed by atoms with Gasteiger partial charge in [0.05, 0.1) is 21.3 Å². The van der Waals surface area contributed by atoms with Crippen molar-refractivity contribution >= 4 is 34.4 Å². The van der Waals surface area contributed by atoms with E-state index in [9.17, 15) is 9.59 Å². The van der Waals surface area contributed by atoms with Gasteiger partial charge >= 0.3 is 5.97 Å². The lowest BCUT2D eigenvalue weighted by Crippen LogP contribution is -2.38. The van der Waals surface area contributed by atoms with Crippen LogP contribution in [0.15, 0.2) is 66.7 Å². The van der Waals surface area contributed by atoms with E-state index in [1.54, 1.807) is 20.3 Å². The lowest BCUT2D eigenvalue weighted by molar-refractivity contribution is -0.146. The SMILES string of the molecule is COC(=O)[C@@H]1C[C@@H](NC(=O)c2[nH]c3ccc(Cl)cc3c2-c2ccccc2)CN1Cc1ccc(OC)c(OC)c1. The van der Waals surface area contributed by atoms with Gasteiger partial charge in [0, 0.05) is 40.6 Å². The molecular formula is C30H30ClN3O5. The summed E-state index contributed by atoms with van der Waals surface area (Å²) in [5.74, 6) is 0.660. The molecule has 1 aromatic heterocycles. The average molecular weight is 548 g/mol. The fourth-order valence-corrected chi connectivity index (χ4v) is 5.45.